The van der Waals surface area contributed by atoms with Gasteiger partial charge in [-0.15, -0.1) is 0 Å². The number of aliphatic hydroxyl groups excluding tert-OH is 4. The first-order chi connectivity index (χ1) is 14.5. The molecule has 8 nitrogen and oxygen atoms in total. The predicted octanol–water partition coefficient (Wildman–Crippen LogP) is 1.40. The van der Waals surface area contributed by atoms with Crippen LogP contribution < -0.4 is 0 Å². The third kappa shape index (κ3) is 2.78. The predicted molar refractivity (Wildman–Crippen MR) is 110 cm³/mol. The van der Waals surface area contributed by atoms with Gasteiger partial charge in [-0.2, -0.15) is 0 Å². The van der Waals surface area contributed by atoms with Gasteiger partial charge in [-0.25, -0.2) is 0 Å². The van der Waals surface area contributed by atoms with Crippen LogP contribution in [0.25, 0.3) is 0 Å². The Morgan fingerprint density at radius 3 is 2.26 bits per heavy atom. The molecule has 0 aliphatic heterocycles. The number of ketones is 3. The van der Waals surface area contributed by atoms with Gasteiger partial charge in [0.2, 0.25) is 0 Å². The molecule has 166 valence electrons. The van der Waals surface area contributed by atoms with E-state index in [4.69, 9.17) is 0 Å². The lowest BCUT2D eigenvalue weighted by Crippen LogP contribution is -2.60. The fourth-order valence-corrected chi connectivity index (χ4v) is 6.10. The SMILES string of the molecule is CC(=O)C1=C(O)[C@@H](N(C)C)C2C(C1=O)C(O)=C1C(=O)C3C(O)=CC=CC3[C@H](C)C1[C@@H]2O. The number of nitrogens with zero attached hydrogens (tertiary/aromatic N) is 1. The van der Waals surface area contributed by atoms with E-state index in [1.54, 1.807) is 31.1 Å². The minimum absolute atomic E-state index is 0.0621. The summed E-state index contributed by atoms with van der Waals surface area (Å²) in [5.41, 5.74) is -0.483. The lowest BCUT2D eigenvalue weighted by molar-refractivity contribution is -0.136. The molecule has 0 aromatic rings. The molecule has 0 aromatic heterocycles. The first-order valence-electron chi connectivity index (χ1n) is 10.4. The van der Waals surface area contributed by atoms with E-state index < -0.39 is 70.3 Å². The van der Waals surface area contributed by atoms with Gasteiger partial charge in [0.15, 0.2) is 17.3 Å². The van der Waals surface area contributed by atoms with Crippen LogP contribution in [0.4, 0.5) is 0 Å². The maximum atomic E-state index is 13.4. The highest BCUT2D eigenvalue weighted by molar-refractivity contribution is 6.22. The number of fused-ring (bicyclic) bond motifs is 3. The topological polar surface area (TPSA) is 135 Å². The molecule has 0 saturated heterocycles. The zero-order chi connectivity index (χ0) is 22.9. The van der Waals surface area contributed by atoms with Crippen molar-refractivity contribution in [3.63, 3.8) is 0 Å². The molecule has 0 bridgehead atoms. The van der Waals surface area contributed by atoms with Crippen LogP contribution in [0.5, 0.6) is 0 Å². The minimum atomic E-state index is -1.33. The van der Waals surface area contributed by atoms with Crippen LogP contribution in [-0.4, -0.2) is 68.9 Å². The summed E-state index contributed by atoms with van der Waals surface area (Å²) in [4.78, 5) is 40.3. The average Bonchev–Trinajstić information content (AvgIpc) is 2.67. The molecule has 0 aromatic carbocycles. The highest BCUT2D eigenvalue weighted by Crippen LogP contribution is 2.54. The molecule has 4 rings (SSSR count). The lowest BCUT2D eigenvalue weighted by atomic mass is 9.53. The van der Waals surface area contributed by atoms with E-state index in [-0.39, 0.29) is 23.2 Å². The van der Waals surface area contributed by atoms with Crippen LogP contribution in [0.1, 0.15) is 13.8 Å². The molecular formula is C23H27NO7. The summed E-state index contributed by atoms with van der Waals surface area (Å²) >= 11 is 0. The van der Waals surface area contributed by atoms with Gasteiger partial charge in [0.05, 0.1) is 24.0 Å². The van der Waals surface area contributed by atoms with E-state index in [0.717, 1.165) is 6.92 Å². The van der Waals surface area contributed by atoms with Crippen molar-refractivity contribution in [3.8, 4) is 0 Å². The Bertz CT molecular complexity index is 1000. The molecule has 0 radical (unpaired) electrons. The highest BCUT2D eigenvalue weighted by atomic mass is 16.3. The lowest BCUT2D eigenvalue weighted by Gasteiger charge is -2.52. The number of hydrogen-bond donors (Lipinski definition) is 4. The van der Waals surface area contributed by atoms with Gasteiger partial charge in [0.25, 0.3) is 0 Å². The molecule has 8 atom stereocenters. The zero-order valence-electron chi connectivity index (χ0n) is 17.8. The van der Waals surface area contributed by atoms with E-state index in [0.29, 0.717) is 0 Å². The molecule has 1 saturated carbocycles. The van der Waals surface area contributed by atoms with Crippen molar-refractivity contribution in [3.05, 3.63) is 46.7 Å². The maximum Gasteiger partial charge on any atom is 0.180 e. The first kappa shape index (κ1) is 21.5. The standard InChI is InChI=1S/C23H27NO7/c1-8-10-6-5-7-11(26)14(10)21(29)16-12(8)19(27)15-17(22(16)30)20(28)13(9(2)25)23(31)18(15)24(3)4/h5-8,10,12,14-15,17-19,26-27,30-31H,1-4H3/t8-,10?,12?,14?,15?,17?,18-,19-/m0/s1. The van der Waals surface area contributed by atoms with Crippen molar-refractivity contribution in [2.75, 3.05) is 14.1 Å². The summed E-state index contributed by atoms with van der Waals surface area (Å²) in [6.07, 6.45) is 3.66. The minimum Gasteiger partial charge on any atom is -0.512 e. The van der Waals surface area contributed by atoms with Gasteiger partial charge < -0.3 is 20.4 Å². The normalized spacial score (nSPS) is 39.9. The molecule has 8 heteroatoms. The molecule has 0 amide bonds. The van der Waals surface area contributed by atoms with Crippen LogP contribution in [0.15, 0.2) is 46.7 Å². The number of likely N-dealkylation sites (N-methyl/N-ethyl adjacent to an activating group) is 1. The molecule has 4 N–H and O–H groups in total. The molecule has 0 spiro atoms. The average molecular weight is 429 g/mol. The number of aliphatic hydroxyl groups is 4. The van der Waals surface area contributed by atoms with Crippen molar-refractivity contribution in [1.29, 1.82) is 0 Å². The van der Waals surface area contributed by atoms with Crippen molar-refractivity contribution in [1.82, 2.24) is 4.90 Å². The van der Waals surface area contributed by atoms with E-state index >= 15 is 0 Å². The monoisotopic (exact) mass is 429 g/mol. The van der Waals surface area contributed by atoms with Gasteiger partial charge in [0.1, 0.15) is 22.9 Å². The second-order valence-corrected chi connectivity index (χ2v) is 9.21. The summed E-state index contributed by atoms with van der Waals surface area (Å²) in [5.74, 6) is -7.66. The Hall–Kier alpha value is -2.71. The smallest absolute Gasteiger partial charge is 0.180 e. The Labute approximate surface area is 179 Å². The van der Waals surface area contributed by atoms with Crippen LogP contribution in [0.3, 0.4) is 0 Å². The first-order valence-corrected chi connectivity index (χ1v) is 10.4. The van der Waals surface area contributed by atoms with Crippen molar-refractivity contribution in [2.24, 2.45) is 35.5 Å². The fourth-order valence-electron chi connectivity index (χ4n) is 6.10. The van der Waals surface area contributed by atoms with Crippen LogP contribution in [0, 0.1) is 35.5 Å². The van der Waals surface area contributed by atoms with E-state index in [1.807, 2.05) is 6.92 Å². The number of rotatable bonds is 2. The summed E-state index contributed by atoms with van der Waals surface area (Å²) < 4.78 is 0. The van der Waals surface area contributed by atoms with Gasteiger partial charge in [0, 0.05) is 17.4 Å². The van der Waals surface area contributed by atoms with Gasteiger partial charge in [-0.05, 0) is 38.9 Å². The third-order valence-corrected chi connectivity index (χ3v) is 7.41. The summed E-state index contributed by atoms with van der Waals surface area (Å²) in [6, 6.07) is -0.893. The summed E-state index contributed by atoms with van der Waals surface area (Å²) in [5, 5.41) is 43.8. The molecule has 31 heavy (non-hydrogen) atoms. The third-order valence-electron chi connectivity index (χ3n) is 7.41. The van der Waals surface area contributed by atoms with Crippen LogP contribution in [0.2, 0.25) is 0 Å². The maximum absolute atomic E-state index is 13.4. The number of carbonyl (C=O) groups excluding carboxylic acids is 3. The molecule has 1 fully saturated rings. The van der Waals surface area contributed by atoms with Gasteiger partial charge in [-0.1, -0.05) is 19.1 Å². The number of allylic oxidation sites excluding steroid dienone is 6. The molecule has 4 aliphatic carbocycles. The van der Waals surface area contributed by atoms with Crippen LogP contribution in [-0.2, 0) is 14.4 Å². The van der Waals surface area contributed by atoms with E-state index in [9.17, 15) is 34.8 Å². The van der Waals surface area contributed by atoms with Crippen molar-refractivity contribution in [2.45, 2.75) is 26.0 Å². The Morgan fingerprint density at radius 1 is 1.03 bits per heavy atom. The fraction of sp³-hybridized carbons (Fsp3) is 0.522. The number of Topliss-reactive ketones (excluding diaryl/α,β-unsaturated/α-hetero) is 3. The second-order valence-electron chi connectivity index (χ2n) is 9.21. The van der Waals surface area contributed by atoms with Gasteiger partial charge >= 0.3 is 0 Å². The van der Waals surface area contributed by atoms with Crippen LogP contribution >= 0.6 is 0 Å². The number of hydrogen-bond acceptors (Lipinski definition) is 8. The molecular weight excluding hydrogens is 402 g/mol. The second kappa shape index (κ2) is 7.17. The summed E-state index contributed by atoms with van der Waals surface area (Å²) in [7, 11) is 3.29. The van der Waals surface area contributed by atoms with Gasteiger partial charge in [-0.3, -0.25) is 19.3 Å². The highest BCUT2D eigenvalue weighted by Gasteiger charge is 2.61. The Morgan fingerprint density at radius 2 is 1.68 bits per heavy atom. The number of carbonyl (C=O) groups is 3. The summed E-state index contributed by atoms with van der Waals surface area (Å²) in [6.45, 7) is 2.99. The zero-order valence-corrected chi connectivity index (χ0v) is 17.8. The van der Waals surface area contributed by atoms with E-state index in [1.165, 1.54) is 6.08 Å². The van der Waals surface area contributed by atoms with E-state index in [2.05, 4.69) is 0 Å². The van der Waals surface area contributed by atoms with Crippen molar-refractivity contribution < 1.29 is 34.8 Å². The molecule has 0 heterocycles. The van der Waals surface area contributed by atoms with Crippen molar-refractivity contribution >= 4 is 17.3 Å². The Balaban J connectivity index is 1.94. The molecule has 5 unspecified atom stereocenters. The largest absolute Gasteiger partial charge is 0.512 e. The quantitative estimate of drug-likeness (QED) is 0.484. The molecule has 4 aliphatic rings. The Kier molecular flexibility index (Phi) is 4.98.